The van der Waals surface area contributed by atoms with E-state index in [0.717, 1.165) is 48.7 Å². The average molecular weight is 554 g/mol. The van der Waals surface area contributed by atoms with Gasteiger partial charge in [0.05, 0.1) is 19.3 Å². The number of nitrogens with zero attached hydrogens (tertiary/aromatic N) is 2. The highest BCUT2D eigenvalue weighted by atomic mass is 16.5. The maximum absolute atomic E-state index is 12.8. The maximum Gasteiger partial charge on any atom is 0.274 e. The zero-order chi connectivity index (χ0) is 28.6. The summed E-state index contributed by atoms with van der Waals surface area (Å²) in [6.45, 7) is 2.21. The summed E-state index contributed by atoms with van der Waals surface area (Å²) >= 11 is 0. The molecule has 41 heavy (non-hydrogen) atoms. The van der Waals surface area contributed by atoms with Crippen molar-refractivity contribution in [2.24, 2.45) is 0 Å². The highest BCUT2D eigenvalue weighted by Crippen LogP contribution is 2.24. The molecule has 212 valence electrons. The van der Waals surface area contributed by atoms with Gasteiger partial charge in [-0.1, -0.05) is 0 Å². The SMILES string of the molecule is CN(C(=O)c1ccc[nH]1)c1ccc(Nc2ccc(NC(=O)c3ccc(N4CCC(OCCO)CC4)cc3)cc2)cc1. The van der Waals surface area contributed by atoms with Crippen molar-refractivity contribution in [3.63, 3.8) is 0 Å². The predicted octanol–water partition coefficient (Wildman–Crippen LogP) is 5.26. The summed E-state index contributed by atoms with van der Waals surface area (Å²) in [5, 5.41) is 15.2. The molecular formula is C32H35N5O4. The molecule has 1 fully saturated rings. The van der Waals surface area contributed by atoms with Crippen LogP contribution in [0, 0.1) is 0 Å². The Labute approximate surface area is 239 Å². The van der Waals surface area contributed by atoms with Crippen molar-refractivity contribution in [3.8, 4) is 0 Å². The standard InChI is InChI=1S/C32H35N5O4/c1-36(32(40)30-3-2-18-33-30)27-14-10-25(11-15-27)34-24-6-8-26(9-7-24)35-31(39)23-4-12-28(13-5-23)37-19-16-29(17-20-37)41-22-21-38/h2-15,18,29,33-34,38H,16-17,19-22H2,1H3,(H,35,39). The first-order valence-corrected chi connectivity index (χ1v) is 13.8. The number of aromatic amines is 1. The molecule has 4 aromatic rings. The van der Waals surface area contributed by atoms with Crippen molar-refractivity contribution < 1.29 is 19.4 Å². The molecule has 0 aliphatic carbocycles. The Morgan fingerprint density at radius 2 is 1.56 bits per heavy atom. The van der Waals surface area contributed by atoms with E-state index >= 15 is 0 Å². The minimum absolute atomic E-state index is 0.0538. The van der Waals surface area contributed by atoms with Crippen LogP contribution < -0.4 is 20.4 Å². The number of carbonyl (C=O) groups is 2. The van der Waals surface area contributed by atoms with Crippen molar-refractivity contribution in [2.45, 2.75) is 18.9 Å². The van der Waals surface area contributed by atoms with Crippen LogP contribution in [0.1, 0.15) is 33.7 Å². The number of rotatable bonds is 10. The van der Waals surface area contributed by atoms with Crippen LogP contribution in [0.2, 0.25) is 0 Å². The van der Waals surface area contributed by atoms with Gasteiger partial charge in [-0.25, -0.2) is 0 Å². The number of anilines is 5. The smallest absolute Gasteiger partial charge is 0.274 e. The fourth-order valence-electron chi connectivity index (χ4n) is 4.86. The minimum atomic E-state index is -0.165. The number of aromatic nitrogens is 1. The van der Waals surface area contributed by atoms with Gasteiger partial charge in [0.15, 0.2) is 0 Å². The number of benzene rings is 3. The number of aliphatic hydroxyl groups excluding tert-OH is 1. The summed E-state index contributed by atoms with van der Waals surface area (Å²) in [4.78, 5) is 32.2. The van der Waals surface area contributed by atoms with E-state index in [1.54, 1.807) is 30.3 Å². The van der Waals surface area contributed by atoms with Gasteiger partial charge >= 0.3 is 0 Å². The topological polar surface area (TPSA) is 110 Å². The Morgan fingerprint density at radius 3 is 2.17 bits per heavy atom. The van der Waals surface area contributed by atoms with Crippen LogP contribution in [0.15, 0.2) is 91.1 Å². The van der Waals surface area contributed by atoms with E-state index in [4.69, 9.17) is 9.84 Å². The van der Waals surface area contributed by atoms with Crippen molar-refractivity contribution >= 4 is 40.3 Å². The lowest BCUT2D eigenvalue weighted by atomic mass is 10.1. The summed E-state index contributed by atoms with van der Waals surface area (Å²) < 4.78 is 5.64. The van der Waals surface area contributed by atoms with E-state index in [2.05, 4.69) is 20.5 Å². The summed E-state index contributed by atoms with van der Waals surface area (Å²) in [5.41, 5.74) is 5.47. The number of piperidine rings is 1. The number of H-pyrrole nitrogens is 1. The molecule has 1 aliphatic heterocycles. The fraction of sp³-hybridized carbons (Fsp3) is 0.250. The van der Waals surface area contributed by atoms with E-state index in [-0.39, 0.29) is 24.5 Å². The Bertz CT molecular complexity index is 1410. The maximum atomic E-state index is 12.8. The first-order chi connectivity index (χ1) is 20.0. The number of nitrogens with one attached hydrogen (secondary N) is 3. The van der Waals surface area contributed by atoms with Gasteiger partial charge < -0.3 is 35.3 Å². The van der Waals surface area contributed by atoms with Gasteiger partial charge in [0.25, 0.3) is 11.8 Å². The van der Waals surface area contributed by atoms with Crippen molar-refractivity contribution in [1.29, 1.82) is 0 Å². The Balaban J connectivity index is 1.11. The Morgan fingerprint density at radius 1 is 0.927 bits per heavy atom. The highest BCUT2D eigenvalue weighted by molar-refractivity contribution is 6.05. The van der Waals surface area contributed by atoms with Crippen LogP contribution in [-0.4, -0.2) is 61.4 Å². The monoisotopic (exact) mass is 553 g/mol. The zero-order valence-corrected chi connectivity index (χ0v) is 23.0. The molecular weight excluding hydrogens is 518 g/mol. The number of ether oxygens (including phenoxy) is 1. The van der Waals surface area contributed by atoms with Gasteiger partial charge in [0.2, 0.25) is 0 Å². The highest BCUT2D eigenvalue weighted by Gasteiger charge is 2.20. The molecule has 9 heteroatoms. The number of aliphatic hydroxyl groups is 1. The molecule has 9 nitrogen and oxygen atoms in total. The van der Waals surface area contributed by atoms with Crippen LogP contribution in [0.5, 0.6) is 0 Å². The quantitative estimate of drug-likeness (QED) is 0.213. The molecule has 0 spiro atoms. The summed E-state index contributed by atoms with van der Waals surface area (Å²) in [5.74, 6) is -0.271. The van der Waals surface area contributed by atoms with Gasteiger partial charge in [0, 0.05) is 60.3 Å². The molecule has 5 rings (SSSR count). The van der Waals surface area contributed by atoms with Crippen molar-refractivity contribution in [3.05, 3.63) is 102 Å². The number of carbonyl (C=O) groups excluding carboxylic acids is 2. The summed E-state index contributed by atoms with van der Waals surface area (Å²) in [7, 11) is 1.74. The second-order valence-corrected chi connectivity index (χ2v) is 9.98. The molecule has 2 heterocycles. The van der Waals surface area contributed by atoms with Gasteiger partial charge in [-0.3, -0.25) is 9.59 Å². The lowest BCUT2D eigenvalue weighted by molar-refractivity contribution is 0.0159. The van der Waals surface area contributed by atoms with Crippen molar-refractivity contribution in [1.82, 2.24) is 4.98 Å². The largest absolute Gasteiger partial charge is 0.394 e. The lowest BCUT2D eigenvalue weighted by Gasteiger charge is -2.33. The van der Waals surface area contributed by atoms with E-state index < -0.39 is 0 Å². The second-order valence-electron chi connectivity index (χ2n) is 9.98. The van der Waals surface area contributed by atoms with Crippen molar-refractivity contribution in [2.75, 3.05) is 53.8 Å². The van der Waals surface area contributed by atoms with E-state index in [1.165, 1.54) is 0 Å². The van der Waals surface area contributed by atoms with Gasteiger partial charge in [0.1, 0.15) is 5.69 Å². The normalized spacial score (nSPS) is 13.6. The minimum Gasteiger partial charge on any atom is -0.394 e. The molecule has 1 aliphatic rings. The Hall–Kier alpha value is -4.60. The third kappa shape index (κ3) is 7.13. The first kappa shape index (κ1) is 27.9. The fourth-order valence-corrected chi connectivity index (χ4v) is 4.86. The Kier molecular flexibility index (Phi) is 8.98. The molecule has 4 N–H and O–H groups in total. The van der Waals surface area contributed by atoms with E-state index in [0.29, 0.717) is 23.6 Å². The molecule has 2 amide bonds. The van der Waals surface area contributed by atoms with E-state index in [9.17, 15) is 9.59 Å². The summed E-state index contributed by atoms with van der Waals surface area (Å²) in [6, 6.07) is 26.3. The zero-order valence-electron chi connectivity index (χ0n) is 23.0. The number of hydrogen-bond donors (Lipinski definition) is 4. The molecule has 1 saturated heterocycles. The molecule has 0 saturated carbocycles. The van der Waals surface area contributed by atoms with Crippen LogP contribution in [0.25, 0.3) is 0 Å². The van der Waals surface area contributed by atoms with Crippen LogP contribution >= 0.6 is 0 Å². The van der Waals surface area contributed by atoms with E-state index in [1.807, 2.05) is 72.8 Å². The summed E-state index contributed by atoms with van der Waals surface area (Å²) in [6.07, 6.45) is 3.77. The number of hydrogen-bond acceptors (Lipinski definition) is 6. The first-order valence-electron chi connectivity index (χ1n) is 13.8. The molecule has 0 bridgehead atoms. The molecule has 0 atom stereocenters. The number of amides is 2. The van der Waals surface area contributed by atoms with Crippen LogP contribution in [-0.2, 0) is 4.74 Å². The predicted molar refractivity (Wildman–Crippen MR) is 162 cm³/mol. The van der Waals surface area contributed by atoms with Gasteiger partial charge in [-0.15, -0.1) is 0 Å². The third-order valence-electron chi connectivity index (χ3n) is 7.20. The molecule has 1 aromatic heterocycles. The van der Waals surface area contributed by atoms with Gasteiger partial charge in [-0.2, -0.15) is 0 Å². The lowest BCUT2D eigenvalue weighted by Crippen LogP contribution is -2.37. The van der Waals surface area contributed by atoms with Crippen LogP contribution in [0.4, 0.5) is 28.4 Å². The van der Waals surface area contributed by atoms with Crippen LogP contribution in [0.3, 0.4) is 0 Å². The second kappa shape index (κ2) is 13.2. The average Bonchev–Trinajstić information content (AvgIpc) is 3.56. The molecule has 3 aromatic carbocycles. The molecule has 0 radical (unpaired) electrons. The third-order valence-corrected chi connectivity index (χ3v) is 7.20. The molecule has 0 unspecified atom stereocenters. The van der Waals surface area contributed by atoms with Gasteiger partial charge in [-0.05, 0) is 97.8 Å².